The molecule has 0 radical (unpaired) electrons. The highest BCUT2D eigenvalue weighted by Gasteiger charge is 2.12. The third kappa shape index (κ3) is 2.38. The molecule has 20 heavy (non-hydrogen) atoms. The van der Waals surface area contributed by atoms with Crippen LogP contribution in [0.2, 0.25) is 0 Å². The first kappa shape index (κ1) is 12.4. The molecule has 1 aromatic heterocycles. The van der Waals surface area contributed by atoms with Crippen LogP contribution in [0.5, 0.6) is 0 Å². The van der Waals surface area contributed by atoms with Gasteiger partial charge in [0.25, 0.3) is 0 Å². The Morgan fingerprint density at radius 2 is 1.65 bits per heavy atom. The molecule has 3 nitrogen and oxygen atoms in total. The number of benzene rings is 2. The number of nitrogens with zero attached hydrogens (tertiary/aromatic N) is 2. The maximum atomic E-state index is 12.3. The van der Waals surface area contributed by atoms with Crippen LogP contribution in [0.3, 0.4) is 0 Å². The Morgan fingerprint density at radius 1 is 0.950 bits per heavy atom. The Hall–Kier alpha value is -2.68. The fraction of sp³-hybridized carbons (Fsp3) is 0.0588. The van der Waals surface area contributed by atoms with Crippen LogP contribution in [-0.2, 0) is 0 Å². The third-order valence-corrected chi connectivity index (χ3v) is 3.16. The fourth-order valence-electron chi connectivity index (χ4n) is 2.02. The maximum Gasteiger partial charge on any atom is 0.213 e. The quantitative estimate of drug-likeness (QED) is 0.678. The average Bonchev–Trinajstić information content (AvgIpc) is 2.98. The molecule has 0 saturated heterocycles. The van der Waals surface area contributed by atoms with Gasteiger partial charge in [0.15, 0.2) is 0 Å². The molecule has 0 atom stereocenters. The summed E-state index contributed by atoms with van der Waals surface area (Å²) in [5.41, 5.74) is 3.19. The van der Waals surface area contributed by atoms with Crippen molar-refractivity contribution in [3.63, 3.8) is 0 Å². The van der Waals surface area contributed by atoms with Gasteiger partial charge in [-0.25, -0.2) is 4.68 Å². The van der Waals surface area contributed by atoms with Crippen LogP contribution in [0.1, 0.15) is 21.6 Å². The second-order valence-electron chi connectivity index (χ2n) is 4.68. The number of ketones is 1. The minimum Gasteiger partial charge on any atom is -0.287 e. The number of hydrogen-bond acceptors (Lipinski definition) is 2. The number of aryl methyl sites for hydroxylation is 1. The summed E-state index contributed by atoms with van der Waals surface area (Å²) in [5.74, 6) is -0.0559. The SMILES string of the molecule is Cc1ccc(C(=O)c2ccn(-c3ccccc3)n2)cc1. The molecule has 0 fully saturated rings. The fourth-order valence-corrected chi connectivity index (χ4v) is 2.02. The van der Waals surface area contributed by atoms with Crippen LogP contribution in [0.15, 0.2) is 66.9 Å². The zero-order chi connectivity index (χ0) is 13.9. The molecule has 3 aromatic rings. The molecule has 0 aliphatic carbocycles. The van der Waals surface area contributed by atoms with Crippen molar-refractivity contribution in [3.8, 4) is 5.69 Å². The second-order valence-corrected chi connectivity index (χ2v) is 4.68. The lowest BCUT2D eigenvalue weighted by molar-refractivity contribution is 0.103. The molecule has 0 unspecified atom stereocenters. The molecule has 0 aliphatic rings. The maximum absolute atomic E-state index is 12.3. The van der Waals surface area contributed by atoms with E-state index in [1.807, 2.05) is 61.5 Å². The first-order chi connectivity index (χ1) is 9.74. The van der Waals surface area contributed by atoms with E-state index in [2.05, 4.69) is 5.10 Å². The highest BCUT2D eigenvalue weighted by Crippen LogP contribution is 2.12. The number of carbonyl (C=O) groups is 1. The molecule has 0 aliphatic heterocycles. The van der Waals surface area contributed by atoms with Gasteiger partial charge in [0, 0.05) is 11.8 Å². The molecule has 3 rings (SSSR count). The highest BCUT2D eigenvalue weighted by atomic mass is 16.1. The van der Waals surface area contributed by atoms with E-state index in [0.717, 1.165) is 11.3 Å². The van der Waals surface area contributed by atoms with Crippen molar-refractivity contribution in [1.29, 1.82) is 0 Å². The van der Waals surface area contributed by atoms with E-state index >= 15 is 0 Å². The van der Waals surface area contributed by atoms with E-state index < -0.39 is 0 Å². The van der Waals surface area contributed by atoms with Crippen molar-refractivity contribution in [2.24, 2.45) is 0 Å². The van der Waals surface area contributed by atoms with Crippen LogP contribution < -0.4 is 0 Å². The summed E-state index contributed by atoms with van der Waals surface area (Å²) in [6, 6.07) is 19.0. The Labute approximate surface area is 117 Å². The Bertz CT molecular complexity index is 727. The summed E-state index contributed by atoms with van der Waals surface area (Å²) >= 11 is 0. The van der Waals surface area contributed by atoms with Gasteiger partial charge in [-0.15, -0.1) is 0 Å². The van der Waals surface area contributed by atoms with E-state index in [9.17, 15) is 4.79 Å². The Morgan fingerprint density at radius 3 is 2.35 bits per heavy atom. The predicted molar refractivity (Wildman–Crippen MR) is 78.2 cm³/mol. The lowest BCUT2D eigenvalue weighted by Crippen LogP contribution is -2.04. The largest absolute Gasteiger partial charge is 0.287 e. The van der Waals surface area contributed by atoms with Crippen molar-refractivity contribution >= 4 is 5.78 Å². The molecule has 0 bridgehead atoms. The van der Waals surface area contributed by atoms with E-state index in [1.54, 1.807) is 16.9 Å². The normalized spacial score (nSPS) is 10.4. The number of rotatable bonds is 3. The van der Waals surface area contributed by atoms with Gasteiger partial charge in [-0.05, 0) is 25.1 Å². The van der Waals surface area contributed by atoms with Gasteiger partial charge in [0.1, 0.15) is 5.69 Å². The number of carbonyl (C=O) groups excluding carboxylic acids is 1. The summed E-state index contributed by atoms with van der Waals surface area (Å²) in [6.07, 6.45) is 1.80. The van der Waals surface area contributed by atoms with E-state index in [-0.39, 0.29) is 5.78 Å². The second kappa shape index (κ2) is 5.13. The molecule has 98 valence electrons. The number of para-hydroxylation sites is 1. The predicted octanol–water partition coefficient (Wildman–Crippen LogP) is 3.41. The van der Waals surface area contributed by atoms with E-state index in [1.165, 1.54) is 0 Å². The van der Waals surface area contributed by atoms with Crippen molar-refractivity contribution < 1.29 is 4.79 Å². The Kier molecular flexibility index (Phi) is 3.17. The molecular weight excluding hydrogens is 248 g/mol. The van der Waals surface area contributed by atoms with Crippen molar-refractivity contribution in [3.05, 3.63) is 83.7 Å². The van der Waals surface area contributed by atoms with Crippen LogP contribution in [-0.4, -0.2) is 15.6 Å². The van der Waals surface area contributed by atoms with Gasteiger partial charge in [-0.1, -0.05) is 48.0 Å². The molecule has 3 heteroatoms. The third-order valence-electron chi connectivity index (χ3n) is 3.16. The minimum absolute atomic E-state index is 0.0559. The summed E-state index contributed by atoms with van der Waals surface area (Å²) < 4.78 is 1.71. The van der Waals surface area contributed by atoms with Gasteiger partial charge in [-0.2, -0.15) is 5.10 Å². The van der Waals surface area contributed by atoms with E-state index in [0.29, 0.717) is 11.3 Å². The summed E-state index contributed by atoms with van der Waals surface area (Å²) in [6.45, 7) is 2.00. The van der Waals surface area contributed by atoms with E-state index in [4.69, 9.17) is 0 Å². The first-order valence-electron chi connectivity index (χ1n) is 6.46. The minimum atomic E-state index is -0.0559. The van der Waals surface area contributed by atoms with Gasteiger partial charge < -0.3 is 0 Å². The van der Waals surface area contributed by atoms with Gasteiger partial charge >= 0.3 is 0 Å². The van der Waals surface area contributed by atoms with Crippen LogP contribution in [0, 0.1) is 6.92 Å². The summed E-state index contributed by atoms with van der Waals surface area (Å²) in [4.78, 5) is 12.3. The van der Waals surface area contributed by atoms with Gasteiger partial charge in [0.2, 0.25) is 5.78 Å². The molecule has 0 N–H and O–H groups in total. The van der Waals surface area contributed by atoms with Gasteiger partial charge in [-0.3, -0.25) is 4.79 Å². The summed E-state index contributed by atoms with van der Waals surface area (Å²) in [7, 11) is 0. The van der Waals surface area contributed by atoms with Crippen LogP contribution in [0.25, 0.3) is 5.69 Å². The van der Waals surface area contributed by atoms with Crippen molar-refractivity contribution in [2.45, 2.75) is 6.92 Å². The lowest BCUT2D eigenvalue weighted by Gasteiger charge is -2.00. The zero-order valence-electron chi connectivity index (χ0n) is 11.2. The first-order valence-corrected chi connectivity index (χ1v) is 6.46. The zero-order valence-corrected chi connectivity index (χ0v) is 11.2. The average molecular weight is 262 g/mol. The number of aromatic nitrogens is 2. The highest BCUT2D eigenvalue weighted by molar-refractivity contribution is 6.07. The van der Waals surface area contributed by atoms with Crippen LogP contribution >= 0.6 is 0 Å². The summed E-state index contributed by atoms with van der Waals surface area (Å²) in [5, 5.41) is 4.35. The van der Waals surface area contributed by atoms with Crippen LogP contribution in [0.4, 0.5) is 0 Å². The molecule has 2 aromatic carbocycles. The molecule has 0 saturated carbocycles. The lowest BCUT2D eigenvalue weighted by atomic mass is 10.1. The Balaban J connectivity index is 1.90. The van der Waals surface area contributed by atoms with Crippen molar-refractivity contribution in [1.82, 2.24) is 9.78 Å². The molecule has 0 amide bonds. The molecule has 0 spiro atoms. The number of hydrogen-bond donors (Lipinski definition) is 0. The monoisotopic (exact) mass is 262 g/mol. The van der Waals surface area contributed by atoms with Gasteiger partial charge in [0.05, 0.1) is 5.69 Å². The molecular formula is C17H14N2O. The standard InChI is InChI=1S/C17H14N2O/c1-13-7-9-14(10-8-13)17(20)16-11-12-19(18-16)15-5-3-2-4-6-15/h2-12H,1H3. The van der Waals surface area contributed by atoms with Crippen molar-refractivity contribution in [2.75, 3.05) is 0 Å². The topological polar surface area (TPSA) is 34.9 Å². The smallest absolute Gasteiger partial charge is 0.213 e. The molecule has 1 heterocycles.